The number of amides is 1. The fourth-order valence-electron chi connectivity index (χ4n) is 2.18. The van der Waals surface area contributed by atoms with Crippen LogP contribution in [0.4, 0.5) is 17.6 Å². The summed E-state index contributed by atoms with van der Waals surface area (Å²) < 4.78 is 53.2. The number of hydrogen-bond acceptors (Lipinski definition) is 1. The maximum absolute atomic E-state index is 13.7. The van der Waals surface area contributed by atoms with Gasteiger partial charge in [0.1, 0.15) is 11.4 Å². The Morgan fingerprint density at radius 3 is 2.45 bits per heavy atom. The van der Waals surface area contributed by atoms with Crippen molar-refractivity contribution in [1.29, 1.82) is 0 Å². The molecule has 0 bridgehead atoms. The average molecular weight is 354 g/mol. The minimum Gasteiger partial charge on any atom is -0.349 e. The standard InChI is InChI=1S/C13H12BrF4NO/c14-8-1-2-9(15)10(11(8)16)12(20)19-7-3-5-13(17,18)6-4-7/h1-2,7H,3-6H2,(H,19,20). The highest BCUT2D eigenvalue weighted by Crippen LogP contribution is 2.33. The fraction of sp³-hybridized carbons (Fsp3) is 0.462. The Labute approximate surface area is 121 Å². The molecule has 7 heteroatoms. The first-order valence-corrected chi connectivity index (χ1v) is 6.91. The first-order valence-electron chi connectivity index (χ1n) is 6.12. The van der Waals surface area contributed by atoms with Gasteiger partial charge in [0.15, 0.2) is 5.82 Å². The van der Waals surface area contributed by atoms with E-state index in [-0.39, 0.29) is 30.2 Å². The molecule has 0 unspecified atom stereocenters. The third-order valence-electron chi connectivity index (χ3n) is 3.32. The van der Waals surface area contributed by atoms with Gasteiger partial charge in [-0.15, -0.1) is 0 Å². The van der Waals surface area contributed by atoms with E-state index < -0.39 is 35.1 Å². The summed E-state index contributed by atoms with van der Waals surface area (Å²) in [6, 6.07) is 1.64. The summed E-state index contributed by atoms with van der Waals surface area (Å²) in [5, 5.41) is 2.41. The summed E-state index contributed by atoms with van der Waals surface area (Å²) in [5.74, 6) is -5.61. The molecule has 20 heavy (non-hydrogen) atoms. The van der Waals surface area contributed by atoms with E-state index in [0.717, 1.165) is 12.1 Å². The maximum atomic E-state index is 13.7. The van der Waals surface area contributed by atoms with E-state index in [1.807, 2.05) is 0 Å². The van der Waals surface area contributed by atoms with Gasteiger partial charge >= 0.3 is 0 Å². The molecule has 1 aliphatic rings. The Balaban J connectivity index is 2.08. The molecule has 110 valence electrons. The number of hydrogen-bond donors (Lipinski definition) is 1. The van der Waals surface area contributed by atoms with Gasteiger partial charge in [0.2, 0.25) is 5.92 Å². The van der Waals surface area contributed by atoms with Crippen molar-refractivity contribution in [2.24, 2.45) is 0 Å². The lowest BCUT2D eigenvalue weighted by Gasteiger charge is -2.28. The van der Waals surface area contributed by atoms with Crippen LogP contribution in [0.15, 0.2) is 16.6 Å². The number of nitrogens with one attached hydrogen (secondary N) is 1. The lowest BCUT2D eigenvalue weighted by Crippen LogP contribution is -2.40. The van der Waals surface area contributed by atoms with Gasteiger partial charge in [0.05, 0.1) is 4.47 Å². The molecule has 0 radical (unpaired) electrons. The SMILES string of the molecule is O=C(NC1CCC(F)(F)CC1)c1c(F)ccc(Br)c1F. The van der Waals surface area contributed by atoms with Crippen molar-refractivity contribution in [3.63, 3.8) is 0 Å². The molecule has 1 saturated carbocycles. The minimum absolute atomic E-state index is 0.0285. The van der Waals surface area contributed by atoms with Crippen LogP contribution in [0.5, 0.6) is 0 Å². The van der Waals surface area contributed by atoms with Crippen molar-refractivity contribution in [2.45, 2.75) is 37.6 Å². The van der Waals surface area contributed by atoms with E-state index in [4.69, 9.17) is 0 Å². The van der Waals surface area contributed by atoms with Crippen molar-refractivity contribution >= 4 is 21.8 Å². The van der Waals surface area contributed by atoms with Gasteiger partial charge in [-0.2, -0.15) is 0 Å². The number of halogens is 5. The van der Waals surface area contributed by atoms with Crippen LogP contribution in [0.3, 0.4) is 0 Å². The first kappa shape index (κ1) is 15.3. The number of rotatable bonds is 2. The normalized spacial score (nSPS) is 18.9. The molecule has 0 aliphatic heterocycles. The molecule has 2 nitrogen and oxygen atoms in total. The van der Waals surface area contributed by atoms with Crippen LogP contribution >= 0.6 is 15.9 Å². The number of alkyl halides is 2. The molecule has 1 amide bonds. The molecule has 1 aromatic rings. The van der Waals surface area contributed by atoms with Crippen LogP contribution in [-0.4, -0.2) is 17.9 Å². The fourth-order valence-corrected chi connectivity index (χ4v) is 2.51. The topological polar surface area (TPSA) is 29.1 Å². The van der Waals surface area contributed by atoms with Crippen molar-refractivity contribution in [3.05, 3.63) is 33.8 Å². The first-order chi connectivity index (χ1) is 9.30. The van der Waals surface area contributed by atoms with Crippen LogP contribution in [0.2, 0.25) is 0 Å². The van der Waals surface area contributed by atoms with Crippen LogP contribution in [0, 0.1) is 11.6 Å². The molecule has 0 atom stereocenters. The second kappa shape index (κ2) is 5.71. The molecule has 1 fully saturated rings. The minimum atomic E-state index is -2.71. The highest BCUT2D eigenvalue weighted by Gasteiger charge is 2.35. The Morgan fingerprint density at radius 2 is 1.85 bits per heavy atom. The molecule has 0 heterocycles. The van der Waals surface area contributed by atoms with Gasteiger partial charge < -0.3 is 5.32 Å². The zero-order chi connectivity index (χ0) is 14.9. The second-order valence-corrected chi connectivity index (χ2v) is 5.68. The van der Waals surface area contributed by atoms with E-state index >= 15 is 0 Å². The highest BCUT2D eigenvalue weighted by molar-refractivity contribution is 9.10. The lowest BCUT2D eigenvalue weighted by molar-refractivity contribution is -0.0399. The molecular weight excluding hydrogens is 342 g/mol. The summed E-state index contributed by atoms with van der Waals surface area (Å²) in [6.07, 6.45) is -0.477. The van der Waals surface area contributed by atoms with E-state index in [0.29, 0.717) is 0 Å². The zero-order valence-corrected chi connectivity index (χ0v) is 11.9. The van der Waals surface area contributed by atoms with Crippen LogP contribution in [-0.2, 0) is 0 Å². The molecule has 0 saturated heterocycles. The van der Waals surface area contributed by atoms with Gasteiger partial charge in [-0.1, -0.05) is 0 Å². The molecule has 1 N–H and O–H groups in total. The van der Waals surface area contributed by atoms with Gasteiger partial charge in [-0.25, -0.2) is 17.6 Å². The molecule has 1 aliphatic carbocycles. The van der Waals surface area contributed by atoms with Gasteiger partial charge in [-0.05, 0) is 40.9 Å². The van der Waals surface area contributed by atoms with Gasteiger partial charge in [0, 0.05) is 18.9 Å². The number of carbonyl (C=O) groups excluding carboxylic acids is 1. The molecule has 0 aromatic heterocycles. The van der Waals surface area contributed by atoms with Crippen LogP contribution in [0.25, 0.3) is 0 Å². The molecule has 0 spiro atoms. The third kappa shape index (κ3) is 3.31. The summed E-state index contributed by atoms with van der Waals surface area (Å²) in [6.45, 7) is 0. The monoisotopic (exact) mass is 353 g/mol. The Bertz CT molecular complexity index is 525. The average Bonchev–Trinajstić information content (AvgIpc) is 2.37. The van der Waals surface area contributed by atoms with Crippen molar-refractivity contribution < 1.29 is 22.4 Å². The number of benzene rings is 1. The maximum Gasteiger partial charge on any atom is 0.257 e. The zero-order valence-electron chi connectivity index (χ0n) is 10.4. The molecule has 1 aromatic carbocycles. The summed E-state index contributed by atoms with van der Waals surface area (Å²) in [4.78, 5) is 11.9. The largest absolute Gasteiger partial charge is 0.349 e. The smallest absolute Gasteiger partial charge is 0.257 e. The Kier molecular flexibility index (Phi) is 4.36. The molecular formula is C13H12BrF4NO. The summed E-state index contributed by atoms with van der Waals surface area (Å²) >= 11 is 2.87. The molecule has 2 rings (SSSR count). The van der Waals surface area contributed by atoms with E-state index in [9.17, 15) is 22.4 Å². The van der Waals surface area contributed by atoms with Crippen LogP contribution in [0.1, 0.15) is 36.0 Å². The lowest BCUT2D eigenvalue weighted by atomic mass is 9.92. The second-order valence-electron chi connectivity index (χ2n) is 4.82. The van der Waals surface area contributed by atoms with Gasteiger partial charge in [-0.3, -0.25) is 4.79 Å². The van der Waals surface area contributed by atoms with E-state index in [1.54, 1.807) is 0 Å². The summed E-state index contributed by atoms with van der Waals surface area (Å²) in [5.41, 5.74) is -0.697. The van der Waals surface area contributed by atoms with E-state index in [1.165, 1.54) is 0 Å². The predicted octanol–water partition coefficient (Wildman–Crippen LogP) is 4.04. The Morgan fingerprint density at radius 1 is 1.25 bits per heavy atom. The summed E-state index contributed by atoms with van der Waals surface area (Å²) in [7, 11) is 0. The Hall–Kier alpha value is -1.11. The van der Waals surface area contributed by atoms with Crippen LogP contribution < -0.4 is 5.32 Å². The van der Waals surface area contributed by atoms with Crippen molar-refractivity contribution in [2.75, 3.05) is 0 Å². The van der Waals surface area contributed by atoms with E-state index in [2.05, 4.69) is 21.2 Å². The predicted molar refractivity (Wildman–Crippen MR) is 68.7 cm³/mol. The van der Waals surface area contributed by atoms with Crippen molar-refractivity contribution in [3.8, 4) is 0 Å². The van der Waals surface area contributed by atoms with Crippen molar-refractivity contribution in [1.82, 2.24) is 5.32 Å². The third-order valence-corrected chi connectivity index (χ3v) is 3.94. The van der Waals surface area contributed by atoms with Gasteiger partial charge in [0.25, 0.3) is 5.91 Å². The quantitative estimate of drug-likeness (QED) is 0.631. The highest BCUT2D eigenvalue weighted by atomic mass is 79.9. The number of carbonyl (C=O) groups is 1.